The van der Waals surface area contributed by atoms with E-state index in [1.54, 1.807) is 7.11 Å². The Morgan fingerprint density at radius 2 is 2.24 bits per heavy atom. The monoisotopic (exact) mass is 302 g/mol. The van der Waals surface area contributed by atoms with Gasteiger partial charge >= 0.3 is 0 Å². The van der Waals surface area contributed by atoms with E-state index in [-0.39, 0.29) is 12.1 Å². The van der Waals surface area contributed by atoms with Crippen molar-refractivity contribution >= 4 is 17.3 Å². The van der Waals surface area contributed by atoms with E-state index in [1.165, 1.54) is 0 Å². The second-order valence-corrected chi connectivity index (χ2v) is 5.32. The van der Waals surface area contributed by atoms with E-state index in [0.717, 1.165) is 23.0 Å². The Labute approximate surface area is 129 Å². The first kappa shape index (κ1) is 14.0. The van der Waals surface area contributed by atoms with Crippen LogP contribution in [-0.2, 0) is 4.74 Å². The van der Waals surface area contributed by atoms with Crippen molar-refractivity contribution in [3.8, 4) is 0 Å². The van der Waals surface area contributed by atoms with Crippen LogP contribution in [0, 0.1) is 0 Å². The quantitative estimate of drug-likeness (QED) is 0.828. The van der Waals surface area contributed by atoms with E-state index in [9.17, 15) is 0 Å². The highest BCUT2D eigenvalue weighted by Crippen LogP contribution is 2.37. The van der Waals surface area contributed by atoms with Gasteiger partial charge in [0.05, 0.1) is 24.4 Å². The van der Waals surface area contributed by atoms with E-state index in [4.69, 9.17) is 17.0 Å². The second-order valence-electron chi connectivity index (χ2n) is 4.94. The molecule has 21 heavy (non-hydrogen) atoms. The van der Waals surface area contributed by atoms with Crippen molar-refractivity contribution in [1.82, 2.24) is 20.2 Å². The van der Waals surface area contributed by atoms with Crippen molar-refractivity contribution in [2.75, 3.05) is 20.3 Å². The number of aromatic nitrogens is 2. The lowest BCUT2D eigenvalue weighted by molar-refractivity contribution is 0.163. The van der Waals surface area contributed by atoms with Crippen LogP contribution in [0.4, 0.5) is 0 Å². The van der Waals surface area contributed by atoms with Gasteiger partial charge in [0.15, 0.2) is 5.11 Å². The number of nitrogens with one attached hydrogen (secondary N) is 2. The zero-order chi connectivity index (χ0) is 14.7. The minimum atomic E-state index is 0.0363. The van der Waals surface area contributed by atoms with Gasteiger partial charge in [-0.25, -0.2) is 0 Å². The molecule has 110 valence electrons. The number of ether oxygens (including phenoxy) is 1. The van der Waals surface area contributed by atoms with Gasteiger partial charge < -0.3 is 19.9 Å². The highest BCUT2D eigenvalue weighted by molar-refractivity contribution is 7.80. The Morgan fingerprint density at radius 1 is 1.33 bits per heavy atom. The molecular weight excluding hydrogens is 284 g/mol. The Kier molecular flexibility index (Phi) is 4.17. The normalized spacial score (nSPS) is 21.6. The molecule has 0 saturated carbocycles. The summed E-state index contributed by atoms with van der Waals surface area (Å²) in [6, 6.07) is 10.2. The van der Waals surface area contributed by atoms with Gasteiger partial charge in [-0.3, -0.25) is 4.98 Å². The van der Waals surface area contributed by atoms with Crippen LogP contribution < -0.4 is 5.32 Å². The molecule has 5 nitrogen and oxygen atoms in total. The molecule has 2 aromatic heterocycles. The van der Waals surface area contributed by atoms with Crippen LogP contribution in [0.5, 0.6) is 0 Å². The molecule has 0 aliphatic carbocycles. The summed E-state index contributed by atoms with van der Waals surface area (Å²) >= 11 is 5.50. The van der Waals surface area contributed by atoms with Gasteiger partial charge in [0, 0.05) is 31.7 Å². The van der Waals surface area contributed by atoms with Gasteiger partial charge in [0.1, 0.15) is 0 Å². The Balaban J connectivity index is 1.94. The maximum absolute atomic E-state index is 5.50. The number of rotatable bonds is 5. The van der Waals surface area contributed by atoms with Crippen LogP contribution >= 0.6 is 12.2 Å². The average molecular weight is 302 g/mol. The van der Waals surface area contributed by atoms with Crippen LogP contribution in [0.25, 0.3) is 0 Å². The first-order valence-corrected chi connectivity index (χ1v) is 7.32. The fourth-order valence-electron chi connectivity index (χ4n) is 2.70. The van der Waals surface area contributed by atoms with E-state index in [0.29, 0.717) is 6.61 Å². The third-order valence-corrected chi connectivity index (χ3v) is 4.03. The van der Waals surface area contributed by atoms with Crippen LogP contribution in [0.2, 0.25) is 0 Å². The predicted molar refractivity (Wildman–Crippen MR) is 84.8 cm³/mol. The lowest BCUT2D eigenvalue weighted by atomic mass is 10.0. The standard InChI is InChI=1S/C15H18N4OS/c1-20-10-9-19-14(12-6-4-8-17-12)13(18-15(19)21)11-5-2-3-7-16-11/h2-8,13-14,17H,9-10H2,1H3,(H,18,21)/t13-,14+/m1/s1. The summed E-state index contributed by atoms with van der Waals surface area (Å²) in [5.41, 5.74) is 2.11. The summed E-state index contributed by atoms with van der Waals surface area (Å²) in [6.07, 6.45) is 3.74. The molecule has 2 atom stereocenters. The lowest BCUT2D eigenvalue weighted by Crippen LogP contribution is -2.32. The SMILES string of the molecule is COCCN1C(=S)N[C@H](c2ccccn2)[C@@H]1c1ccc[nH]1. The van der Waals surface area contributed by atoms with Crippen molar-refractivity contribution in [1.29, 1.82) is 0 Å². The Bertz CT molecular complexity index is 587. The minimum absolute atomic E-state index is 0.0363. The predicted octanol–water partition coefficient (Wildman–Crippen LogP) is 2.03. The van der Waals surface area contributed by atoms with Gasteiger partial charge in [-0.1, -0.05) is 6.07 Å². The number of thiocarbonyl (C=S) groups is 1. The van der Waals surface area contributed by atoms with Crippen LogP contribution in [0.1, 0.15) is 23.5 Å². The molecular formula is C15H18N4OS. The van der Waals surface area contributed by atoms with E-state index in [1.807, 2.05) is 36.7 Å². The summed E-state index contributed by atoms with van der Waals surface area (Å²) in [4.78, 5) is 9.93. The third kappa shape index (κ3) is 2.77. The Hall–Kier alpha value is -1.92. The largest absolute Gasteiger partial charge is 0.383 e. The molecule has 0 unspecified atom stereocenters. The summed E-state index contributed by atoms with van der Waals surface area (Å²) in [7, 11) is 1.70. The first-order chi connectivity index (χ1) is 10.3. The smallest absolute Gasteiger partial charge is 0.170 e. The summed E-state index contributed by atoms with van der Waals surface area (Å²) in [5, 5.41) is 4.13. The molecule has 3 rings (SSSR count). The summed E-state index contributed by atoms with van der Waals surface area (Å²) < 4.78 is 5.20. The van der Waals surface area contributed by atoms with Crippen LogP contribution in [0.3, 0.4) is 0 Å². The fraction of sp³-hybridized carbons (Fsp3) is 0.333. The second kappa shape index (κ2) is 6.24. The Morgan fingerprint density at radius 3 is 2.90 bits per heavy atom. The van der Waals surface area contributed by atoms with Crippen molar-refractivity contribution in [2.24, 2.45) is 0 Å². The third-order valence-electron chi connectivity index (χ3n) is 3.67. The summed E-state index contributed by atoms with van der Waals surface area (Å²) in [6.45, 7) is 1.38. The molecule has 0 aromatic carbocycles. The molecule has 0 amide bonds. The number of methoxy groups -OCH3 is 1. The van der Waals surface area contributed by atoms with Gasteiger partial charge in [0.2, 0.25) is 0 Å². The van der Waals surface area contributed by atoms with Crippen molar-refractivity contribution in [3.63, 3.8) is 0 Å². The van der Waals surface area contributed by atoms with Gasteiger partial charge in [-0.05, 0) is 36.5 Å². The molecule has 3 heterocycles. The van der Waals surface area contributed by atoms with Crippen molar-refractivity contribution in [3.05, 3.63) is 54.1 Å². The maximum atomic E-state index is 5.50. The molecule has 0 spiro atoms. The highest BCUT2D eigenvalue weighted by atomic mass is 32.1. The zero-order valence-electron chi connectivity index (χ0n) is 11.8. The number of H-pyrrole nitrogens is 1. The topological polar surface area (TPSA) is 53.2 Å². The fourth-order valence-corrected chi connectivity index (χ4v) is 3.03. The highest BCUT2D eigenvalue weighted by Gasteiger charge is 2.39. The van der Waals surface area contributed by atoms with Gasteiger partial charge in [-0.15, -0.1) is 0 Å². The van der Waals surface area contributed by atoms with Crippen LogP contribution in [-0.4, -0.2) is 40.2 Å². The average Bonchev–Trinajstić information content (AvgIpc) is 3.13. The first-order valence-electron chi connectivity index (χ1n) is 6.91. The number of hydrogen-bond acceptors (Lipinski definition) is 3. The number of aromatic amines is 1. The van der Waals surface area contributed by atoms with E-state index >= 15 is 0 Å². The summed E-state index contributed by atoms with van der Waals surface area (Å²) in [5.74, 6) is 0. The minimum Gasteiger partial charge on any atom is -0.383 e. The van der Waals surface area contributed by atoms with E-state index in [2.05, 4.69) is 26.3 Å². The van der Waals surface area contributed by atoms with Crippen molar-refractivity contribution < 1.29 is 4.74 Å². The van der Waals surface area contributed by atoms with Crippen molar-refractivity contribution in [2.45, 2.75) is 12.1 Å². The molecule has 1 fully saturated rings. The molecule has 1 aliphatic heterocycles. The molecule has 2 aromatic rings. The molecule has 1 saturated heterocycles. The van der Waals surface area contributed by atoms with Gasteiger partial charge in [0.25, 0.3) is 0 Å². The molecule has 0 radical (unpaired) electrons. The van der Waals surface area contributed by atoms with Gasteiger partial charge in [-0.2, -0.15) is 0 Å². The molecule has 0 bridgehead atoms. The number of pyridine rings is 1. The van der Waals surface area contributed by atoms with E-state index < -0.39 is 0 Å². The lowest BCUT2D eigenvalue weighted by Gasteiger charge is -2.26. The molecule has 2 N–H and O–H groups in total. The number of nitrogens with zero attached hydrogens (tertiary/aromatic N) is 2. The molecule has 6 heteroatoms. The van der Waals surface area contributed by atoms with Crippen LogP contribution in [0.15, 0.2) is 42.7 Å². The number of hydrogen-bond donors (Lipinski definition) is 2. The molecule has 1 aliphatic rings. The zero-order valence-corrected chi connectivity index (χ0v) is 12.6. The maximum Gasteiger partial charge on any atom is 0.170 e.